The van der Waals surface area contributed by atoms with Crippen molar-refractivity contribution in [2.24, 2.45) is 10.7 Å². The molecule has 0 spiro atoms. The zero-order valence-corrected chi connectivity index (χ0v) is 22.8. The summed E-state index contributed by atoms with van der Waals surface area (Å²) in [7, 11) is -1.83. The van der Waals surface area contributed by atoms with Gasteiger partial charge < -0.3 is 11.1 Å². The number of amides is 1. The minimum Gasteiger partial charge on any atom is -0.384 e. The van der Waals surface area contributed by atoms with Gasteiger partial charge in [0.25, 0.3) is 5.91 Å². The van der Waals surface area contributed by atoms with Crippen LogP contribution in [0.25, 0.3) is 10.9 Å². The maximum absolute atomic E-state index is 12.9. The van der Waals surface area contributed by atoms with Crippen LogP contribution in [0.4, 0.5) is 0 Å². The SMILES string of the molecule is CCc1cc(CNC(=O)c2ccnc(Cc3cc(S(C)(=O)=O)c4ncc(C)cc4c3)c2)ccc1C(N)=NC. The molecule has 0 aliphatic carbocycles. The van der Waals surface area contributed by atoms with Gasteiger partial charge in [-0.2, -0.15) is 0 Å². The number of benzene rings is 2. The van der Waals surface area contributed by atoms with Gasteiger partial charge in [-0.05, 0) is 65.9 Å². The summed E-state index contributed by atoms with van der Waals surface area (Å²) in [6, 6.07) is 14.8. The zero-order chi connectivity index (χ0) is 27.4. The van der Waals surface area contributed by atoms with Crippen LogP contribution in [0.5, 0.6) is 0 Å². The Morgan fingerprint density at radius 3 is 2.55 bits per heavy atom. The molecular weight excluding hydrogens is 498 g/mol. The number of pyridine rings is 2. The van der Waals surface area contributed by atoms with E-state index in [0.717, 1.165) is 39.6 Å². The van der Waals surface area contributed by atoms with E-state index in [2.05, 4.69) is 27.2 Å². The lowest BCUT2D eigenvalue weighted by atomic mass is 10.0. The predicted octanol–water partition coefficient (Wildman–Crippen LogP) is 3.76. The van der Waals surface area contributed by atoms with Gasteiger partial charge in [0.15, 0.2) is 9.84 Å². The van der Waals surface area contributed by atoms with Crippen LogP contribution in [0, 0.1) is 6.92 Å². The number of hydrogen-bond donors (Lipinski definition) is 2. The quantitative estimate of drug-likeness (QED) is 0.264. The van der Waals surface area contributed by atoms with Gasteiger partial charge in [-0.25, -0.2) is 8.42 Å². The molecule has 0 fully saturated rings. The molecular formula is C29H31N5O3S. The molecule has 1 amide bonds. The second-order valence-electron chi connectivity index (χ2n) is 9.30. The fraction of sp³-hybridized carbons (Fsp3) is 0.241. The number of sulfone groups is 1. The molecule has 9 heteroatoms. The fourth-order valence-corrected chi connectivity index (χ4v) is 5.29. The Morgan fingerprint density at radius 2 is 1.84 bits per heavy atom. The normalized spacial score (nSPS) is 12.1. The second-order valence-corrected chi connectivity index (χ2v) is 11.3. The van der Waals surface area contributed by atoms with Crippen molar-refractivity contribution in [3.63, 3.8) is 0 Å². The van der Waals surface area contributed by atoms with Crippen molar-refractivity contribution in [3.05, 3.63) is 100.0 Å². The number of rotatable bonds is 8. The van der Waals surface area contributed by atoms with Crippen LogP contribution in [0.3, 0.4) is 0 Å². The van der Waals surface area contributed by atoms with E-state index in [9.17, 15) is 13.2 Å². The highest BCUT2D eigenvalue weighted by molar-refractivity contribution is 7.91. The van der Waals surface area contributed by atoms with Gasteiger partial charge in [-0.15, -0.1) is 0 Å². The molecule has 4 aromatic rings. The van der Waals surface area contributed by atoms with Crippen molar-refractivity contribution in [3.8, 4) is 0 Å². The average molecular weight is 530 g/mol. The minimum atomic E-state index is -3.49. The van der Waals surface area contributed by atoms with Crippen molar-refractivity contribution in [1.29, 1.82) is 0 Å². The largest absolute Gasteiger partial charge is 0.384 e. The monoisotopic (exact) mass is 529 g/mol. The highest BCUT2D eigenvalue weighted by atomic mass is 32.2. The summed E-state index contributed by atoms with van der Waals surface area (Å²) in [4.78, 5) is 25.9. The number of carbonyl (C=O) groups is 1. The molecule has 38 heavy (non-hydrogen) atoms. The summed E-state index contributed by atoms with van der Waals surface area (Å²) in [6.07, 6.45) is 5.60. The van der Waals surface area contributed by atoms with Crippen molar-refractivity contribution in [2.75, 3.05) is 13.3 Å². The lowest BCUT2D eigenvalue weighted by molar-refractivity contribution is 0.0950. The Hall–Kier alpha value is -4.11. The molecule has 0 saturated carbocycles. The Balaban J connectivity index is 1.54. The first kappa shape index (κ1) is 26.9. The molecule has 2 aromatic heterocycles. The summed E-state index contributed by atoms with van der Waals surface area (Å²) < 4.78 is 24.9. The molecule has 0 bridgehead atoms. The van der Waals surface area contributed by atoms with Crippen molar-refractivity contribution < 1.29 is 13.2 Å². The number of nitrogens with two attached hydrogens (primary N) is 1. The Labute approximate surface area is 223 Å². The first-order chi connectivity index (χ1) is 18.1. The average Bonchev–Trinajstić information content (AvgIpc) is 2.90. The highest BCUT2D eigenvalue weighted by Gasteiger charge is 2.16. The standard InChI is InChI=1S/C29H31N5O3S/c1-5-21-11-19(6-7-25(21)28(30)31-3)17-34-29(35)22-8-9-32-24(15-22)13-20-12-23-10-18(2)16-33-27(23)26(14-20)38(4,36)37/h6-12,14-16H,5,13,17H2,1-4H3,(H2,30,31)(H,34,35). The second kappa shape index (κ2) is 11.1. The van der Waals surface area contributed by atoms with E-state index in [0.29, 0.717) is 35.6 Å². The number of amidine groups is 1. The number of nitrogens with zero attached hydrogens (tertiary/aromatic N) is 3. The van der Waals surface area contributed by atoms with Gasteiger partial charge >= 0.3 is 0 Å². The maximum Gasteiger partial charge on any atom is 0.251 e. The molecule has 8 nitrogen and oxygen atoms in total. The Bertz CT molecular complexity index is 1660. The zero-order valence-electron chi connectivity index (χ0n) is 21.9. The Morgan fingerprint density at radius 1 is 1.05 bits per heavy atom. The molecule has 0 aliphatic heterocycles. The topological polar surface area (TPSA) is 127 Å². The molecule has 0 atom stereocenters. The lowest BCUT2D eigenvalue weighted by Gasteiger charge is -2.12. The van der Waals surface area contributed by atoms with Gasteiger partial charge in [-0.3, -0.25) is 19.8 Å². The number of fused-ring (bicyclic) bond motifs is 1. The molecule has 2 heterocycles. The number of aromatic nitrogens is 2. The van der Waals surface area contributed by atoms with Crippen LogP contribution < -0.4 is 11.1 Å². The Kier molecular flexibility index (Phi) is 7.87. The van der Waals surface area contributed by atoms with Gasteiger partial charge in [0.2, 0.25) is 0 Å². The van der Waals surface area contributed by atoms with Crippen LogP contribution in [0.2, 0.25) is 0 Å². The summed E-state index contributed by atoms with van der Waals surface area (Å²) in [5, 5.41) is 3.72. The van der Waals surface area contributed by atoms with Gasteiger partial charge in [-0.1, -0.05) is 25.1 Å². The van der Waals surface area contributed by atoms with Crippen molar-refractivity contribution in [1.82, 2.24) is 15.3 Å². The number of nitrogens with one attached hydrogen (secondary N) is 1. The number of aliphatic imine (C=N–C) groups is 1. The summed E-state index contributed by atoms with van der Waals surface area (Å²) in [6.45, 7) is 4.33. The van der Waals surface area contributed by atoms with Gasteiger partial charge in [0, 0.05) is 60.9 Å². The lowest BCUT2D eigenvalue weighted by Crippen LogP contribution is -2.23. The van der Waals surface area contributed by atoms with E-state index in [1.807, 2.05) is 37.3 Å². The first-order valence-corrected chi connectivity index (χ1v) is 14.1. The van der Waals surface area contributed by atoms with Crippen molar-refractivity contribution in [2.45, 2.75) is 38.1 Å². The van der Waals surface area contributed by atoms with Crippen LogP contribution in [-0.4, -0.2) is 43.4 Å². The minimum absolute atomic E-state index is 0.184. The molecule has 0 radical (unpaired) electrons. The van der Waals surface area contributed by atoms with E-state index < -0.39 is 9.84 Å². The number of hydrogen-bond acceptors (Lipinski definition) is 6. The van der Waals surface area contributed by atoms with Crippen LogP contribution in [0.15, 0.2) is 70.8 Å². The van der Waals surface area contributed by atoms with Crippen LogP contribution in [-0.2, 0) is 29.2 Å². The van der Waals surface area contributed by atoms with Crippen molar-refractivity contribution >= 4 is 32.5 Å². The summed E-state index contributed by atoms with van der Waals surface area (Å²) in [5.41, 5.74) is 12.2. The van der Waals surface area contributed by atoms with Crippen LogP contribution >= 0.6 is 0 Å². The molecule has 0 aliphatic rings. The van der Waals surface area contributed by atoms with Gasteiger partial charge in [0.1, 0.15) is 5.84 Å². The maximum atomic E-state index is 12.9. The van der Waals surface area contributed by atoms with E-state index in [1.165, 1.54) is 6.26 Å². The fourth-order valence-electron chi connectivity index (χ4n) is 4.40. The smallest absolute Gasteiger partial charge is 0.251 e. The predicted molar refractivity (Wildman–Crippen MR) is 150 cm³/mol. The number of aryl methyl sites for hydroxylation is 2. The van der Waals surface area contributed by atoms with E-state index >= 15 is 0 Å². The summed E-state index contributed by atoms with van der Waals surface area (Å²) in [5.74, 6) is 0.267. The van der Waals surface area contributed by atoms with Crippen LogP contribution in [0.1, 0.15) is 50.8 Å². The highest BCUT2D eigenvalue weighted by Crippen LogP contribution is 2.25. The third-order valence-corrected chi connectivity index (χ3v) is 7.44. The molecule has 2 aromatic carbocycles. The summed E-state index contributed by atoms with van der Waals surface area (Å²) >= 11 is 0. The third-order valence-electron chi connectivity index (χ3n) is 6.33. The third kappa shape index (κ3) is 6.06. The van der Waals surface area contributed by atoms with E-state index in [1.54, 1.807) is 37.6 Å². The molecule has 0 saturated heterocycles. The molecule has 3 N–H and O–H groups in total. The van der Waals surface area contributed by atoms with Gasteiger partial charge in [0.05, 0.1) is 10.4 Å². The molecule has 0 unspecified atom stereocenters. The van der Waals surface area contributed by atoms with E-state index in [4.69, 9.17) is 5.73 Å². The molecule has 196 valence electrons. The first-order valence-electron chi connectivity index (χ1n) is 12.3. The molecule has 4 rings (SSSR count). The number of carbonyl (C=O) groups excluding carboxylic acids is 1. The van der Waals surface area contributed by atoms with E-state index in [-0.39, 0.29) is 10.8 Å².